The van der Waals surface area contributed by atoms with E-state index in [-0.39, 0.29) is 11.1 Å². The van der Waals surface area contributed by atoms with Crippen LogP contribution in [-0.4, -0.2) is 9.67 Å². The van der Waals surface area contributed by atoms with Gasteiger partial charge in [0.25, 0.3) is 5.56 Å². The first kappa shape index (κ1) is 12.8. The maximum absolute atomic E-state index is 12.1. The topological polar surface area (TPSA) is 66.0 Å². The van der Waals surface area contributed by atoms with Crippen LogP contribution in [0.15, 0.2) is 11.0 Å². The van der Waals surface area contributed by atoms with E-state index in [2.05, 4.69) is 6.92 Å². The van der Waals surface area contributed by atoms with Gasteiger partial charge in [0.1, 0.15) is 11.6 Å². The van der Waals surface area contributed by atoms with E-state index in [0.717, 1.165) is 36.8 Å². The summed E-state index contributed by atoms with van der Waals surface area (Å²) >= 11 is 0. The fourth-order valence-corrected chi connectivity index (χ4v) is 2.52. The van der Waals surface area contributed by atoms with Gasteiger partial charge in [0, 0.05) is 18.3 Å². The van der Waals surface area contributed by atoms with E-state index in [0.29, 0.717) is 13.0 Å². The van der Waals surface area contributed by atoms with Crippen LogP contribution in [0.1, 0.15) is 55.4 Å². The molecule has 0 saturated carbocycles. The van der Waals surface area contributed by atoms with Crippen LogP contribution in [0.4, 0.5) is 0 Å². The van der Waals surface area contributed by atoms with E-state index in [4.69, 9.17) is 5.26 Å². The van der Waals surface area contributed by atoms with E-state index in [1.807, 2.05) is 6.07 Å². The number of pyridine rings is 1. The predicted molar refractivity (Wildman–Crippen MR) is 68.2 cm³/mol. The normalized spacial score (nSPS) is 18.2. The average Bonchev–Trinajstić information content (AvgIpc) is 2.37. The van der Waals surface area contributed by atoms with Crippen molar-refractivity contribution >= 4 is 0 Å². The van der Waals surface area contributed by atoms with Gasteiger partial charge in [0.05, 0.1) is 6.10 Å². The number of nitriles is 1. The van der Waals surface area contributed by atoms with Crippen LogP contribution in [0.25, 0.3) is 0 Å². The lowest BCUT2D eigenvalue weighted by Gasteiger charge is -2.23. The highest BCUT2D eigenvalue weighted by Gasteiger charge is 2.23. The molecule has 4 heteroatoms. The van der Waals surface area contributed by atoms with E-state index < -0.39 is 6.10 Å². The Kier molecular flexibility index (Phi) is 3.83. The number of nitrogens with zero attached hydrogens (tertiary/aromatic N) is 2. The van der Waals surface area contributed by atoms with E-state index in [1.165, 1.54) is 0 Å². The molecule has 1 unspecified atom stereocenters. The molecule has 0 spiro atoms. The third-order valence-electron chi connectivity index (χ3n) is 3.55. The number of aryl methyl sites for hydroxylation is 1. The van der Waals surface area contributed by atoms with Crippen LogP contribution in [0.3, 0.4) is 0 Å². The number of unbranched alkanes of at least 4 members (excludes halogenated alkanes) is 1. The summed E-state index contributed by atoms with van der Waals surface area (Å²) in [5, 5.41) is 19.2. The SMILES string of the molecule is CCCCn1cc2c(c(C#N)c1=O)CCCC2O. The third-order valence-corrected chi connectivity index (χ3v) is 3.55. The maximum Gasteiger partial charge on any atom is 0.268 e. The van der Waals surface area contributed by atoms with Crippen molar-refractivity contribution in [2.24, 2.45) is 0 Å². The molecule has 0 bridgehead atoms. The highest BCUT2D eigenvalue weighted by atomic mass is 16.3. The van der Waals surface area contributed by atoms with Crippen LogP contribution in [0, 0.1) is 11.3 Å². The van der Waals surface area contributed by atoms with Crippen molar-refractivity contribution in [2.75, 3.05) is 0 Å². The van der Waals surface area contributed by atoms with E-state index in [9.17, 15) is 9.90 Å². The zero-order valence-corrected chi connectivity index (χ0v) is 10.6. The van der Waals surface area contributed by atoms with Gasteiger partial charge < -0.3 is 9.67 Å². The summed E-state index contributed by atoms with van der Waals surface area (Å²) in [6.07, 6.45) is 5.38. The molecule has 0 radical (unpaired) electrons. The molecular formula is C14H18N2O2. The molecule has 1 aromatic rings. The van der Waals surface area contributed by atoms with Crippen molar-refractivity contribution in [1.82, 2.24) is 4.57 Å². The van der Waals surface area contributed by atoms with Gasteiger partial charge in [-0.05, 0) is 31.2 Å². The lowest BCUT2D eigenvalue weighted by molar-refractivity contribution is 0.155. The Balaban J connectivity index is 2.55. The Morgan fingerprint density at radius 2 is 2.39 bits per heavy atom. The summed E-state index contributed by atoms with van der Waals surface area (Å²) in [7, 11) is 0. The van der Waals surface area contributed by atoms with Crippen molar-refractivity contribution in [1.29, 1.82) is 5.26 Å². The zero-order chi connectivity index (χ0) is 13.1. The Labute approximate surface area is 106 Å². The largest absolute Gasteiger partial charge is 0.388 e. The van der Waals surface area contributed by atoms with Gasteiger partial charge in [0.15, 0.2) is 0 Å². The number of fused-ring (bicyclic) bond motifs is 1. The molecule has 0 aliphatic heterocycles. The summed E-state index contributed by atoms with van der Waals surface area (Å²) in [4.78, 5) is 12.1. The molecule has 1 atom stereocenters. The summed E-state index contributed by atoms with van der Waals surface area (Å²) in [6.45, 7) is 2.67. The molecule has 18 heavy (non-hydrogen) atoms. The quantitative estimate of drug-likeness (QED) is 0.885. The molecule has 0 saturated heterocycles. The molecule has 0 fully saturated rings. The number of hydrogen-bond acceptors (Lipinski definition) is 3. The molecule has 1 aromatic heterocycles. The number of aromatic nitrogens is 1. The molecule has 0 amide bonds. The maximum atomic E-state index is 12.1. The molecule has 96 valence electrons. The Bertz CT molecular complexity index is 540. The Morgan fingerprint density at radius 3 is 3.06 bits per heavy atom. The van der Waals surface area contributed by atoms with Crippen LogP contribution >= 0.6 is 0 Å². The molecule has 0 aromatic carbocycles. The van der Waals surface area contributed by atoms with Gasteiger partial charge in [-0.2, -0.15) is 5.26 Å². The van der Waals surface area contributed by atoms with Crippen molar-refractivity contribution in [2.45, 2.75) is 51.7 Å². The van der Waals surface area contributed by atoms with Gasteiger partial charge in [-0.3, -0.25) is 4.79 Å². The van der Waals surface area contributed by atoms with Gasteiger partial charge >= 0.3 is 0 Å². The predicted octanol–water partition coefficient (Wildman–Crippen LogP) is 1.89. The lowest BCUT2D eigenvalue weighted by atomic mass is 9.88. The summed E-state index contributed by atoms with van der Waals surface area (Å²) in [6, 6.07) is 2.02. The number of aliphatic hydroxyl groups is 1. The molecule has 1 heterocycles. The Morgan fingerprint density at radius 1 is 1.61 bits per heavy atom. The summed E-state index contributed by atoms with van der Waals surface area (Å²) < 4.78 is 1.58. The fourth-order valence-electron chi connectivity index (χ4n) is 2.52. The minimum absolute atomic E-state index is 0.209. The molecule has 1 aliphatic rings. The fraction of sp³-hybridized carbons (Fsp3) is 0.571. The van der Waals surface area contributed by atoms with Gasteiger partial charge in [0.2, 0.25) is 0 Å². The standard InChI is InChI=1S/C14H18N2O2/c1-2-3-7-16-9-12-10(5-4-6-13(12)17)11(8-15)14(16)18/h9,13,17H,2-7H2,1H3. The van der Waals surface area contributed by atoms with Crippen LogP contribution in [0.2, 0.25) is 0 Å². The molecule has 4 nitrogen and oxygen atoms in total. The third kappa shape index (κ3) is 2.19. The second-order valence-electron chi connectivity index (χ2n) is 4.81. The second-order valence-corrected chi connectivity index (χ2v) is 4.81. The first-order chi connectivity index (χ1) is 8.69. The van der Waals surface area contributed by atoms with Crippen LogP contribution in [-0.2, 0) is 13.0 Å². The molecular weight excluding hydrogens is 228 g/mol. The number of rotatable bonds is 3. The van der Waals surface area contributed by atoms with Crippen molar-refractivity contribution in [3.8, 4) is 6.07 Å². The molecule has 1 N–H and O–H groups in total. The van der Waals surface area contributed by atoms with Gasteiger partial charge in [-0.15, -0.1) is 0 Å². The van der Waals surface area contributed by atoms with E-state index in [1.54, 1.807) is 10.8 Å². The number of aliphatic hydroxyl groups excluding tert-OH is 1. The smallest absolute Gasteiger partial charge is 0.268 e. The minimum atomic E-state index is -0.533. The first-order valence-electron chi connectivity index (χ1n) is 6.53. The monoisotopic (exact) mass is 246 g/mol. The van der Waals surface area contributed by atoms with Crippen molar-refractivity contribution < 1.29 is 5.11 Å². The molecule has 1 aliphatic carbocycles. The lowest BCUT2D eigenvalue weighted by Crippen LogP contribution is -2.27. The highest BCUT2D eigenvalue weighted by Crippen LogP contribution is 2.30. The van der Waals surface area contributed by atoms with Crippen molar-refractivity contribution in [3.63, 3.8) is 0 Å². The number of hydrogen-bond donors (Lipinski definition) is 1. The average molecular weight is 246 g/mol. The summed E-state index contributed by atoms with van der Waals surface area (Å²) in [5.74, 6) is 0. The van der Waals surface area contributed by atoms with Crippen LogP contribution in [0.5, 0.6) is 0 Å². The van der Waals surface area contributed by atoms with Crippen molar-refractivity contribution in [3.05, 3.63) is 33.2 Å². The Hall–Kier alpha value is -1.60. The van der Waals surface area contributed by atoms with E-state index >= 15 is 0 Å². The second kappa shape index (κ2) is 5.36. The molecule has 2 rings (SSSR count). The highest BCUT2D eigenvalue weighted by molar-refractivity contribution is 5.42. The minimum Gasteiger partial charge on any atom is -0.388 e. The first-order valence-corrected chi connectivity index (χ1v) is 6.53. The summed E-state index contributed by atoms with van der Waals surface area (Å²) in [5.41, 5.74) is 1.55. The van der Waals surface area contributed by atoms with Crippen LogP contribution < -0.4 is 5.56 Å². The van der Waals surface area contributed by atoms with Gasteiger partial charge in [-0.25, -0.2) is 0 Å². The van der Waals surface area contributed by atoms with Gasteiger partial charge in [-0.1, -0.05) is 13.3 Å². The zero-order valence-electron chi connectivity index (χ0n) is 10.6.